The number of carbonyl (C=O) groups excluding carboxylic acids is 1. The lowest BCUT2D eigenvalue weighted by atomic mass is 9.88. The fourth-order valence-corrected chi connectivity index (χ4v) is 4.26. The molecule has 0 aliphatic carbocycles. The van der Waals surface area contributed by atoms with Gasteiger partial charge in [-0.15, -0.1) is 0 Å². The fraction of sp³-hybridized carbons (Fsp3) is 0.524. The monoisotopic (exact) mass is 353 g/mol. The third-order valence-electron chi connectivity index (χ3n) is 5.87. The topological polar surface area (TPSA) is 58.2 Å². The van der Waals surface area contributed by atoms with Crippen molar-refractivity contribution in [2.45, 2.75) is 50.5 Å². The lowest BCUT2D eigenvalue weighted by Crippen LogP contribution is -2.52. The highest BCUT2D eigenvalue weighted by molar-refractivity contribution is 5.85. The molecule has 0 unspecified atom stereocenters. The molecular formula is C21H27N3O2. The number of hydrogen-bond donors (Lipinski definition) is 1. The van der Waals surface area contributed by atoms with Gasteiger partial charge in [0.15, 0.2) is 0 Å². The number of hydrogen-bond acceptors (Lipinski definition) is 3. The van der Waals surface area contributed by atoms with Crippen molar-refractivity contribution < 1.29 is 9.53 Å². The van der Waals surface area contributed by atoms with E-state index in [1.54, 1.807) is 0 Å². The first-order valence-corrected chi connectivity index (χ1v) is 9.69. The van der Waals surface area contributed by atoms with Crippen molar-refractivity contribution in [3.63, 3.8) is 0 Å². The number of ether oxygens (including phenoxy) is 1. The van der Waals surface area contributed by atoms with Crippen molar-refractivity contribution >= 4 is 5.91 Å². The average Bonchev–Trinajstić information content (AvgIpc) is 3.19. The van der Waals surface area contributed by atoms with Gasteiger partial charge in [0, 0.05) is 36.9 Å². The number of likely N-dealkylation sites (tertiary alicyclic amines) is 1. The first-order valence-electron chi connectivity index (χ1n) is 9.69. The van der Waals surface area contributed by atoms with Crippen LogP contribution in [0.5, 0.6) is 0 Å². The maximum atomic E-state index is 12.9. The summed E-state index contributed by atoms with van der Waals surface area (Å²) in [5.74, 6) is 0.584. The Morgan fingerprint density at radius 1 is 1.23 bits per heavy atom. The molecule has 1 atom stereocenters. The molecule has 2 aromatic rings. The molecule has 5 heteroatoms. The summed E-state index contributed by atoms with van der Waals surface area (Å²) in [5.41, 5.74) is 2.95. The third kappa shape index (κ3) is 3.28. The van der Waals surface area contributed by atoms with E-state index in [-0.39, 0.29) is 5.91 Å². The van der Waals surface area contributed by atoms with Crippen LogP contribution in [0.25, 0.3) is 11.1 Å². The molecule has 0 spiro atoms. The van der Waals surface area contributed by atoms with Gasteiger partial charge in [0.2, 0.25) is 0 Å². The van der Waals surface area contributed by atoms with Crippen LogP contribution in [-0.2, 0) is 9.53 Å². The number of amides is 1. The minimum Gasteiger partial charge on any atom is -0.365 e. The van der Waals surface area contributed by atoms with Crippen LogP contribution in [0.2, 0.25) is 0 Å². The van der Waals surface area contributed by atoms with Crippen LogP contribution in [-0.4, -0.2) is 46.3 Å². The van der Waals surface area contributed by atoms with Crippen molar-refractivity contribution in [2.75, 3.05) is 19.7 Å². The Labute approximate surface area is 154 Å². The molecule has 1 amide bonds. The van der Waals surface area contributed by atoms with E-state index in [2.05, 4.69) is 34.5 Å². The van der Waals surface area contributed by atoms with Crippen LogP contribution >= 0.6 is 0 Å². The molecule has 0 bridgehead atoms. The highest BCUT2D eigenvalue weighted by atomic mass is 16.5. The van der Waals surface area contributed by atoms with Crippen molar-refractivity contribution in [3.05, 3.63) is 42.2 Å². The number of H-pyrrole nitrogens is 1. The second kappa shape index (κ2) is 7.23. The van der Waals surface area contributed by atoms with Gasteiger partial charge in [0.25, 0.3) is 5.91 Å². The lowest BCUT2D eigenvalue weighted by molar-refractivity contribution is -0.163. The minimum atomic E-state index is -0.617. The molecule has 2 aliphatic heterocycles. The van der Waals surface area contributed by atoms with Crippen LogP contribution in [0.3, 0.4) is 0 Å². The molecule has 0 radical (unpaired) electrons. The molecule has 0 saturated carbocycles. The zero-order valence-corrected chi connectivity index (χ0v) is 15.4. The quantitative estimate of drug-likeness (QED) is 0.914. The van der Waals surface area contributed by atoms with Crippen molar-refractivity contribution in [1.82, 2.24) is 15.1 Å². The van der Waals surface area contributed by atoms with Crippen LogP contribution in [0.15, 0.2) is 36.5 Å². The number of aromatic nitrogens is 2. The molecule has 5 nitrogen and oxygen atoms in total. The van der Waals surface area contributed by atoms with Gasteiger partial charge in [-0.1, -0.05) is 30.3 Å². The molecule has 2 fully saturated rings. The molecule has 1 aromatic carbocycles. The summed E-state index contributed by atoms with van der Waals surface area (Å²) in [6.07, 6.45) is 6.82. The summed E-state index contributed by atoms with van der Waals surface area (Å²) in [7, 11) is 0. The number of benzene rings is 1. The largest absolute Gasteiger partial charge is 0.365 e. The predicted octanol–water partition coefficient (Wildman–Crippen LogP) is 3.74. The van der Waals surface area contributed by atoms with Gasteiger partial charge in [0.1, 0.15) is 5.60 Å². The Balaban J connectivity index is 1.43. The van der Waals surface area contributed by atoms with Gasteiger partial charge in [-0.3, -0.25) is 9.89 Å². The van der Waals surface area contributed by atoms with E-state index in [4.69, 9.17) is 4.74 Å². The third-order valence-corrected chi connectivity index (χ3v) is 5.87. The summed E-state index contributed by atoms with van der Waals surface area (Å²) < 4.78 is 5.85. The van der Waals surface area contributed by atoms with Gasteiger partial charge >= 0.3 is 0 Å². The van der Waals surface area contributed by atoms with Crippen molar-refractivity contribution in [3.8, 4) is 11.1 Å². The van der Waals surface area contributed by atoms with Crippen LogP contribution in [0.1, 0.15) is 50.6 Å². The Kier molecular flexibility index (Phi) is 4.81. The number of piperidine rings is 1. The van der Waals surface area contributed by atoms with Gasteiger partial charge < -0.3 is 9.64 Å². The first kappa shape index (κ1) is 17.3. The zero-order valence-electron chi connectivity index (χ0n) is 15.4. The van der Waals surface area contributed by atoms with E-state index in [0.717, 1.165) is 45.2 Å². The number of carbonyl (C=O) groups is 1. The zero-order chi connectivity index (χ0) is 18.0. The molecule has 2 aliphatic rings. The van der Waals surface area contributed by atoms with Crippen molar-refractivity contribution in [2.24, 2.45) is 0 Å². The highest BCUT2D eigenvalue weighted by Gasteiger charge is 2.40. The molecule has 3 heterocycles. The van der Waals surface area contributed by atoms with Crippen LogP contribution in [0.4, 0.5) is 0 Å². The number of nitrogens with zero attached hydrogens (tertiary/aromatic N) is 2. The number of rotatable bonds is 3. The normalized spacial score (nSPS) is 24.6. The van der Waals surface area contributed by atoms with E-state index in [9.17, 15) is 4.79 Å². The maximum Gasteiger partial charge on any atom is 0.254 e. The molecular weight excluding hydrogens is 326 g/mol. The average molecular weight is 353 g/mol. The standard InChI is InChI=1S/C21H27N3O2/c1-21(11-5-6-14-26-21)20(25)24-12-9-17(10-13-24)19-18(15-22-23-19)16-7-3-2-4-8-16/h2-4,7-8,15,17H,5-6,9-14H2,1H3,(H,22,23)/t21-/m0/s1. The second-order valence-corrected chi connectivity index (χ2v) is 7.67. The SMILES string of the molecule is C[C@@]1(C(=O)N2CCC(c3[nH]ncc3-c3ccccc3)CC2)CCCCO1. The van der Waals surface area contributed by atoms with Gasteiger partial charge in [-0.05, 0) is 44.6 Å². The summed E-state index contributed by atoms with van der Waals surface area (Å²) in [5, 5.41) is 7.50. The maximum absolute atomic E-state index is 12.9. The predicted molar refractivity (Wildman–Crippen MR) is 101 cm³/mol. The summed E-state index contributed by atoms with van der Waals surface area (Å²) in [4.78, 5) is 14.9. The van der Waals surface area contributed by atoms with Crippen LogP contribution in [0, 0.1) is 0 Å². The fourth-order valence-electron chi connectivity index (χ4n) is 4.26. The number of nitrogens with one attached hydrogen (secondary N) is 1. The second-order valence-electron chi connectivity index (χ2n) is 7.67. The molecule has 1 aromatic heterocycles. The minimum absolute atomic E-state index is 0.170. The van der Waals surface area contributed by atoms with E-state index in [0.29, 0.717) is 12.5 Å². The Morgan fingerprint density at radius 2 is 2.00 bits per heavy atom. The molecule has 4 rings (SSSR count). The van der Waals surface area contributed by atoms with Crippen LogP contribution < -0.4 is 0 Å². The Morgan fingerprint density at radius 3 is 2.69 bits per heavy atom. The Bertz CT molecular complexity index is 742. The lowest BCUT2D eigenvalue weighted by Gasteiger charge is -2.40. The smallest absolute Gasteiger partial charge is 0.254 e. The van der Waals surface area contributed by atoms with E-state index in [1.165, 1.54) is 16.8 Å². The van der Waals surface area contributed by atoms with E-state index < -0.39 is 5.60 Å². The van der Waals surface area contributed by atoms with Gasteiger partial charge in [0.05, 0.1) is 6.20 Å². The van der Waals surface area contributed by atoms with Gasteiger partial charge in [-0.2, -0.15) is 5.10 Å². The molecule has 138 valence electrons. The Hall–Kier alpha value is -2.14. The highest BCUT2D eigenvalue weighted by Crippen LogP contribution is 2.35. The van der Waals surface area contributed by atoms with Crippen molar-refractivity contribution in [1.29, 1.82) is 0 Å². The summed E-state index contributed by atoms with van der Waals surface area (Å²) in [6, 6.07) is 10.4. The number of aromatic amines is 1. The summed E-state index contributed by atoms with van der Waals surface area (Å²) in [6.45, 7) is 4.24. The van der Waals surface area contributed by atoms with E-state index >= 15 is 0 Å². The van der Waals surface area contributed by atoms with Gasteiger partial charge in [-0.25, -0.2) is 0 Å². The molecule has 2 saturated heterocycles. The van der Waals surface area contributed by atoms with E-state index in [1.807, 2.05) is 24.1 Å². The molecule has 1 N–H and O–H groups in total. The first-order chi connectivity index (χ1) is 12.7. The summed E-state index contributed by atoms with van der Waals surface area (Å²) >= 11 is 0. The molecule has 26 heavy (non-hydrogen) atoms.